The van der Waals surface area contributed by atoms with Crippen LogP contribution in [0.4, 0.5) is 10.1 Å². The number of methoxy groups -OCH3 is 1. The van der Waals surface area contributed by atoms with E-state index in [-0.39, 0.29) is 24.8 Å². The molecule has 0 spiro atoms. The lowest BCUT2D eigenvalue weighted by atomic mass is 10.0. The zero-order chi connectivity index (χ0) is 22.4. The highest BCUT2D eigenvalue weighted by atomic mass is 19.1. The average Bonchev–Trinajstić information content (AvgIpc) is 3.18. The molecule has 0 unspecified atom stereocenters. The summed E-state index contributed by atoms with van der Waals surface area (Å²) in [6.45, 7) is 3.65. The number of benzene rings is 1. The number of aryl methyl sites for hydroxylation is 1. The van der Waals surface area contributed by atoms with Gasteiger partial charge in [0.15, 0.2) is 0 Å². The van der Waals surface area contributed by atoms with Crippen LogP contribution >= 0.6 is 0 Å². The molecule has 2 heterocycles. The van der Waals surface area contributed by atoms with Crippen molar-refractivity contribution < 1.29 is 28.7 Å². The summed E-state index contributed by atoms with van der Waals surface area (Å²) in [4.78, 5) is 39.0. The van der Waals surface area contributed by atoms with E-state index in [1.807, 2.05) is 0 Å². The number of carbonyl (C=O) groups excluding carboxylic acids is 3. The van der Waals surface area contributed by atoms with Gasteiger partial charge in [-0.15, -0.1) is 0 Å². The van der Waals surface area contributed by atoms with Crippen LogP contribution in [-0.4, -0.2) is 41.6 Å². The van der Waals surface area contributed by atoms with Gasteiger partial charge < -0.3 is 25.6 Å². The maximum Gasteiger partial charge on any atom is 0.307 e. The average molecular weight is 418 g/mol. The van der Waals surface area contributed by atoms with Crippen LogP contribution in [0.25, 0.3) is 11.6 Å². The molecular weight excluding hydrogens is 395 g/mol. The molecule has 6 N–H and O–H groups in total. The predicted octanol–water partition coefficient (Wildman–Crippen LogP) is 1.89. The number of amides is 2. The first kappa shape index (κ1) is 22.8. The van der Waals surface area contributed by atoms with E-state index in [2.05, 4.69) is 26.3 Å². The lowest BCUT2D eigenvalue weighted by Gasteiger charge is -2.05. The standard InChI is InChI=1S/C20H20FN3O4.H3NO/c1-10-16(9-14-13-8-12(21)4-5-15(13)24-19(14)26)23-11(2)18(10)20(27)22-7-6-17(25)28-3;1-2/h4-5,8-9,23H,6-7H2,1-3H3,(H,22,27)(H,24,26);2H,1H2/b14-9-;. The minimum atomic E-state index is -0.439. The van der Waals surface area contributed by atoms with E-state index in [1.54, 1.807) is 19.9 Å². The maximum absolute atomic E-state index is 13.6. The molecule has 0 bridgehead atoms. The number of aromatic amines is 1. The fourth-order valence-corrected chi connectivity index (χ4v) is 3.18. The molecule has 0 aliphatic carbocycles. The Balaban J connectivity index is 0.00000155. The molecule has 2 aromatic rings. The Bertz CT molecular complexity index is 1010. The summed E-state index contributed by atoms with van der Waals surface area (Å²) >= 11 is 0. The van der Waals surface area contributed by atoms with Gasteiger partial charge in [-0.05, 0) is 43.7 Å². The molecule has 1 aliphatic heterocycles. The summed E-state index contributed by atoms with van der Waals surface area (Å²) in [5.74, 6) is 1.98. The number of H-pyrrole nitrogens is 1. The van der Waals surface area contributed by atoms with Crippen molar-refractivity contribution in [3.05, 3.63) is 52.1 Å². The van der Waals surface area contributed by atoms with Crippen molar-refractivity contribution in [3.8, 4) is 0 Å². The second-order valence-corrected chi connectivity index (χ2v) is 6.45. The zero-order valence-corrected chi connectivity index (χ0v) is 16.8. The number of fused-ring (bicyclic) bond motifs is 1. The predicted molar refractivity (Wildman–Crippen MR) is 108 cm³/mol. The van der Waals surface area contributed by atoms with Crippen LogP contribution in [0.1, 0.15) is 39.3 Å². The third-order valence-corrected chi connectivity index (χ3v) is 4.60. The summed E-state index contributed by atoms with van der Waals surface area (Å²) in [6, 6.07) is 4.09. The van der Waals surface area contributed by atoms with Crippen molar-refractivity contribution in [2.75, 3.05) is 19.0 Å². The lowest BCUT2D eigenvalue weighted by molar-refractivity contribution is -0.140. The molecule has 1 aromatic carbocycles. The van der Waals surface area contributed by atoms with Crippen molar-refractivity contribution in [2.24, 2.45) is 5.90 Å². The first-order chi connectivity index (χ1) is 14.3. The topological polar surface area (TPSA) is 147 Å². The van der Waals surface area contributed by atoms with Crippen molar-refractivity contribution >= 4 is 35.1 Å². The second-order valence-electron chi connectivity index (χ2n) is 6.45. The fourth-order valence-electron chi connectivity index (χ4n) is 3.18. The van der Waals surface area contributed by atoms with E-state index < -0.39 is 11.8 Å². The van der Waals surface area contributed by atoms with Crippen LogP contribution in [0, 0.1) is 19.7 Å². The van der Waals surface area contributed by atoms with Gasteiger partial charge in [-0.2, -0.15) is 0 Å². The molecule has 0 fully saturated rings. The summed E-state index contributed by atoms with van der Waals surface area (Å²) in [5.41, 5.74) is 3.63. The van der Waals surface area contributed by atoms with Gasteiger partial charge >= 0.3 is 5.97 Å². The molecule has 10 heteroatoms. The first-order valence-corrected chi connectivity index (χ1v) is 8.94. The van der Waals surface area contributed by atoms with E-state index in [9.17, 15) is 18.8 Å². The van der Waals surface area contributed by atoms with Crippen LogP contribution in [0.3, 0.4) is 0 Å². The lowest BCUT2D eigenvalue weighted by Crippen LogP contribution is -2.27. The molecule has 160 valence electrons. The quantitative estimate of drug-likeness (QED) is 0.285. The Morgan fingerprint density at radius 1 is 1.30 bits per heavy atom. The molecule has 0 saturated heterocycles. The Kier molecular flexibility index (Phi) is 7.45. The Morgan fingerprint density at radius 2 is 2.00 bits per heavy atom. The molecule has 30 heavy (non-hydrogen) atoms. The second kappa shape index (κ2) is 9.81. The number of aromatic nitrogens is 1. The molecule has 0 radical (unpaired) electrons. The third-order valence-electron chi connectivity index (χ3n) is 4.60. The Hall–Kier alpha value is -3.50. The smallest absolute Gasteiger partial charge is 0.307 e. The van der Waals surface area contributed by atoms with Gasteiger partial charge in [0, 0.05) is 29.2 Å². The van der Waals surface area contributed by atoms with Gasteiger partial charge in [0.1, 0.15) is 5.82 Å². The molecule has 3 rings (SSSR count). The highest BCUT2D eigenvalue weighted by molar-refractivity contribution is 6.34. The highest BCUT2D eigenvalue weighted by Gasteiger charge is 2.26. The number of anilines is 1. The maximum atomic E-state index is 13.6. The molecule has 2 amide bonds. The molecular formula is C20H23FN4O5. The number of carbonyl (C=O) groups is 3. The van der Waals surface area contributed by atoms with Crippen LogP contribution < -0.4 is 16.5 Å². The largest absolute Gasteiger partial charge is 0.469 e. The van der Waals surface area contributed by atoms with Gasteiger partial charge in [-0.1, -0.05) is 0 Å². The van der Waals surface area contributed by atoms with Gasteiger partial charge in [-0.3, -0.25) is 14.4 Å². The highest BCUT2D eigenvalue weighted by Crippen LogP contribution is 2.34. The van der Waals surface area contributed by atoms with Crippen LogP contribution in [0.2, 0.25) is 0 Å². The van der Waals surface area contributed by atoms with E-state index in [0.29, 0.717) is 39.3 Å². The van der Waals surface area contributed by atoms with E-state index in [1.165, 1.54) is 25.3 Å². The number of ether oxygens (including phenoxy) is 1. The van der Waals surface area contributed by atoms with Crippen molar-refractivity contribution in [3.63, 3.8) is 0 Å². The number of hydrogen-bond acceptors (Lipinski definition) is 6. The Labute approximate surface area is 172 Å². The SMILES string of the molecule is COC(=O)CCNC(=O)c1c(C)[nH]c(/C=C2\C(=O)Nc3ccc(F)cc32)c1C.NO. The van der Waals surface area contributed by atoms with Gasteiger partial charge in [0.25, 0.3) is 11.8 Å². The number of nitrogens with one attached hydrogen (secondary N) is 3. The van der Waals surface area contributed by atoms with Crippen molar-refractivity contribution in [1.29, 1.82) is 0 Å². The van der Waals surface area contributed by atoms with E-state index >= 15 is 0 Å². The monoisotopic (exact) mass is 418 g/mol. The summed E-state index contributed by atoms with van der Waals surface area (Å²) in [6.07, 6.45) is 1.68. The van der Waals surface area contributed by atoms with E-state index in [0.717, 1.165) is 0 Å². The fraction of sp³-hybridized carbons (Fsp3) is 0.250. The number of rotatable bonds is 5. The molecule has 0 atom stereocenters. The molecule has 0 saturated carbocycles. The first-order valence-electron chi connectivity index (χ1n) is 8.94. The van der Waals surface area contributed by atoms with Gasteiger partial charge in [-0.25, -0.2) is 10.3 Å². The van der Waals surface area contributed by atoms with Crippen molar-refractivity contribution in [1.82, 2.24) is 10.3 Å². The summed E-state index contributed by atoms with van der Waals surface area (Å²) in [5, 5.41) is 11.9. The number of nitrogens with two attached hydrogens (primary N) is 1. The minimum absolute atomic E-state index is 0.0736. The number of hydrogen-bond donors (Lipinski definition) is 5. The van der Waals surface area contributed by atoms with Crippen LogP contribution in [0.5, 0.6) is 0 Å². The van der Waals surface area contributed by atoms with Crippen LogP contribution in [-0.2, 0) is 14.3 Å². The van der Waals surface area contributed by atoms with E-state index in [4.69, 9.17) is 5.21 Å². The third kappa shape index (κ3) is 4.73. The van der Waals surface area contributed by atoms with Gasteiger partial charge in [0.2, 0.25) is 0 Å². The number of esters is 1. The minimum Gasteiger partial charge on any atom is -0.469 e. The summed E-state index contributed by atoms with van der Waals surface area (Å²) < 4.78 is 18.1. The molecule has 9 nitrogen and oxygen atoms in total. The molecule has 1 aliphatic rings. The zero-order valence-electron chi connectivity index (χ0n) is 16.8. The molecule has 1 aromatic heterocycles. The Morgan fingerprint density at radius 3 is 2.67 bits per heavy atom. The number of halogens is 1. The van der Waals surface area contributed by atoms with Crippen LogP contribution in [0.15, 0.2) is 18.2 Å². The van der Waals surface area contributed by atoms with Crippen molar-refractivity contribution in [2.45, 2.75) is 20.3 Å². The van der Waals surface area contributed by atoms with Gasteiger partial charge in [0.05, 0.1) is 24.7 Å². The summed E-state index contributed by atoms with van der Waals surface area (Å²) in [7, 11) is 1.29. The normalized spacial score (nSPS) is 13.3.